The van der Waals surface area contributed by atoms with Gasteiger partial charge in [0.25, 0.3) is 0 Å². The van der Waals surface area contributed by atoms with Crippen molar-refractivity contribution < 1.29 is 4.74 Å². The van der Waals surface area contributed by atoms with Crippen molar-refractivity contribution in [1.29, 1.82) is 0 Å². The van der Waals surface area contributed by atoms with Gasteiger partial charge in [-0.1, -0.05) is 5.57 Å². The Kier molecular flexibility index (Phi) is 2.11. The van der Waals surface area contributed by atoms with E-state index in [0.29, 0.717) is 0 Å². The van der Waals surface area contributed by atoms with Crippen LogP contribution in [-0.2, 0) is 4.74 Å². The van der Waals surface area contributed by atoms with Crippen LogP contribution < -0.4 is 5.32 Å². The first-order chi connectivity index (χ1) is 4.33. The first-order valence-electron chi connectivity index (χ1n) is 3.27. The van der Waals surface area contributed by atoms with Gasteiger partial charge in [0.05, 0.1) is 0 Å². The molecule has 0 aromatic rings. The molecule has 0 aliphatic carbocycles. The maximum Gasteiger partial charge on any atom is 0.127 e. The molecule has 0 aromatic carbocycles. The van der Waals surface area contributed by atoms with Crippen molar-refractivity contribution >= 4 is 0 Å². The second kappa shape index (κ2) is 2.87. The summed E-state index contributed by atoms with van der Waals surface area (Å²) >= 11 is 0. The lowest BCUT2D eigenvalue weighted by molar-refractivity contribution is 0.0743. The van der Waals surface area contributed by atoms with Crippen LogP contribution >= 0.6 is 0 Å². The van der Waals surface area contributed by atoms with Gasteiger partial charge in [-0.05, 0) is 26.0 Å². The van der Waals surface area contributed by atoms with Crippen molar-refractivity contribution in [2.24, 2.45) is 0 Å². The van der Waals surface area contributed by atoms with Crippen LogP contribution in [0.1, 0.15) is 19.8 Å². The molecule has 1 N–H and O–H groups in total. The molecule has 1 heterocycles. The summed E-state index contributed by atoms with van der Waals surface area (Å²) in [5, 5.41) is 3.13. The van der Waals surface area contributed by atoms with Gasteiger partial charge >= 0.3 is 0 Å². The monoisotopic (exact) mass is 127 g/mol. The number of rotatable bonds is 1. The third-order valence-electron chi connectivity index (χ3n) is 1.60. The van der Waals surface area contributed by atoms with E-state index in [0.717, 1.165) is 12.8 Å². The van der Waals surface area contributed by atoms with E-state index in [2.05, 4.69) is 12.2 Å². The maximum atomic E-state index is 5.08. The Labute approximate surface area is 55.9 Å². The van der Waals surface area contributed by atoms with Gasteiger partial charge in [-0.15, -0.1) is 0 Å². The van der Waals surface area contributed by atoms with Gasteiger partial charge in [0, 0.05) is 7.11 Å². The zero-order valence-corrected chi connectivity index (χ0v) is 5.98. The lowest BCUT2D eigenvalue weighted by Crippen LogP contribution is -2.29. The van der Waals surface area contributed by atoms with Crippen molar-refractivity contribution in [2.75, 3.05) is 7.11 Å². The summed E-state index contributed by atoms with van der Waals surface area (Å²) in [6, 6.07) is 0. The average Bonchev–Trinajstić information content (AvgIpc) is 1.90. The Morgan fingerprint density at radius 1 is 1.78 bits per heavy atom. The second-order valence-electron chi connectivity index (χ2n) is 2.42. The Bertz CT molecular complexity index is 120. The minimum atomic E-state index is 0.244. The van der Waals surface area contributed by atoms with Crippen LogP contribution in [0.4, 0.5) is 0 Å². The number of methoxy groups -OCH3 is 1. The highest BCUT2D eigenvalue weighted by atomic mass is 16.5. The number of hydrogen-bond acceptors (Lipinski definition) is 2. The average molecular weight is 127 g/mol. The Morgan fingerprint density at radius 3 is 3.00 bits per heavy atom. The fraction of sp³-hybridized carbons (Fsp3) is 0.714. The Hall–Kier alpha value is -0.500. The summed E-state index contributed by atoms with van der Waals surface area (Å²) in [5.41, 5.74) is 1.41. The zero-order valence-electron chi connectivity index (χ0n) is 5.98. The molecule has 1 atom stereocenters. The summed E-state index contributed by atoms with van der Waals surface area (Å²) in [4.78, 5) is 0. The minimum Gasteiger partial charge on any atom is -0.366 e. The molecule has 0 spiro atoms. The molecule has 1 rings (SSSR count). The Balaban J connectivity index is 2.36. The third-order valence-corrected chi connectivity index (χ3v) is 1.60. The topological polar surface area (TPSA) is 21.3 Å². The molecule has 9 heavy (non-hydrogen) atoms. The molecule has 52 valence electrons. The normalized spacial score (nSPS) is 26.9. The number of allylic oxidation sites excluding steroid dienone is 1. The van der Waals surface area contributed by atoms with E-state index < -0.39 is 0 Å². The quantitative estimate of drug-likeness (QED) is 0.572. The number of ether oxygens (including phenoxy) is 1. The summed E-state index contributed by atoms with van der Waals surface area (Å²) in [7, 11) is 1.73. The lowest BCUT2D eigenvalue weighted by Gasteiger charge is -2.20. The van der Waals surface area contributed by atoms with Gasteiger partial charge < -0.3 is 10.1 Å². The summed E-state index contributed by atoms with van der Waals surface area (Å²) in [5.74, 6) is 0. The second-order valence-corrected chi connectivity index (χ2v) is 2.42. The maximum absolute atomic E-state index is 5.08. The van der Waals surface area contributed by atoms with Crippen LogP contribution in [0.25, 0.3) is 0 Å². The molecular weight excluding hydrogens is 114 g/mol. The van der Waals surface area contributed by atoms with Crippen molar-refractivity contribution in [1.82, 2.24) is 5.32 Å². The van der Waals surface area contributed by atoms with Crippen LogP contribution in [-0.4, -0.2) is 13.3 Å². The largest absolute Gasteiger partial charge is 0.366 e. The molecule has 2 nitrogen and oxygen atoms in total. The van der Waals surface area contributed by atoms with E-state index in [-0.39, 0.29) is 6.23 Å². The van der Waals surface area contributed by atoms with Crippen molar-refractivity contribution in [3.63, 3.8) is 0 Å². The molecule has 0 fully saturated rings. The van der Waals surface area contributed by atoms with Gasteiger partial charge in [-0.2, -0.15) is 0 Å². The highest BCUT2D eigenvalue weighted by Crippen LogP contribution is 2.11. The molecule has 1 aliphatic rings. The molecule has 0 saturated carbocycles. The predicted molar refractivity (Wildman–Crippen MR) is 36.9 cm³/mol. The molecule has 0 saturated heterocycles. The summed E-state index contributed by atoms with van der Waals surface area (Å²) < 4.78 is 5.08. The van der Waals surface area contributed by atoms with Crippen molar-refractivity contribution in [2.45, 2.75) is 26.0 Å². The fourth-order valence-electron chi connectivity index (χ4n) is 0.935. The first kappa shape index (κ1) is 6.62. The van der Waals surface area contributed by atoms with Gasteiger partial charge in [-0.25, -0.2) is 0 Å². The van der Waals surface area contributed by atoms with Gasteiger partial charge in [0.2, 0.25) is 0 Å². The van der Waals surface area contributed by atoms with E-state index in [1.54, 1.807) is 7.11 Å². The minimum absolute atomic E-state index is 0.244. The fourth-order valence-corrected chi connectivity index (χ4v) is 0.935. The van der Waals surface area contributed by atoms with Crippen molar-refractivity contribution in [3.8, 4) is 0 Å². The van der Waals surface area contributed by atoms with Gasteiger partial charge in [0.1, 0.15) is 6.23 Å². The summed E-state index contributed by atoms with van der Waals surface area (Å²) in [6.45, 7) is 2.12. The smallest absolute Gasteiger partial charge is 0.127 e. The SMILES string of the molecule is COC1CCC(C)=CN1. The predicted octanol–water partition coefficient (Wildman–Crippen LogP) is 1.25. The number of nitrogens with one attached hydrogen (secondary N) is 1. The molecule has 0 amide bonds. The Morgan fingerprint density at radius 2 is 2.56 bits per heavy atom. The van der Waals surface area contributed by atoms with Crippen LogP contribution in [0, 0.1) is 0 Å². The first-order valence-corrected chi connectivity index (χ1v) is 3.27. The standard InChI is InChI=1S/C7H13NO/c1-6-3-4-7(9-2)8-5-6/h5,7-8H,3-4H2,1-2H3. The van der Waals surface area contributed by atoms with Crippen LogP contribution in [0.2, 0.25) is 0 Å². The zero-order chi connectivity index (χ0) is 6.69. The van der Waals surface area contributed by atoms with Crippen LogP contribution in [0.5, 0.6) is 0 Å². The lowest BCUT2D eigenvalue weighted by atomic mass is 10.1. The molecule has 0 radical (unpaired) electrons. The number of hydrogen-bond donors (Lipinski definition) is 1. The highest BCUT2D eigenvalue weighted by Gasteiger charge is 2.08. The molecular formula is C7H13NO. The molecule has 2 heteroatoms. The highest BCUT2D eigenvalue weighted by molar-refractivity contribution is 5.00. The van der Waals surface area contributed by atoms with Gasteiger partial charge in [0.15, 0.2) is 0 Å². The van der Waals surface area contributed by atoms with E-state index in [1.807, 2.05) is 6.20 Å². The van der Waals surface area contributed by atoms with E-state index >= 15 is 0 Å². The molecule has 0 bridgehead atoms. The molecule has 1 aliphatic heterocycles. The molecule has 0 aromatic heterocycles. The third kappa shape index (κ3) is 1.72. The van der Waals surface area contributed by atoms with Crippen molar-refractivity contribution in [3.05, 3.63) is 11.8 Å². The van der Waals surface area contributed by atoms with E-state index in [1.165, 1.54) is 5.57 Å². The van der Waals surface area contributed by atoms with Gasteiger partial charge in [-0.3, -0.25) is 0 Å². The van der Waals surface area contributed by atoms with E-state index in [4.69, 9.17) is 4.74 Å². The van der Waals surface area contributed by atoms with Crippen LogP contribution in [0.15, 0.2) is 11.8 Å². The molecule has 1 unspecified atom stereocenters. The van der Waals surface area contributed by atoms with E-state index in [9.17, 15) is 0 Å². The van der Waals surface area contributed by atoms with Crippen LogP contribution in [0.3, 0.4) is 0 Å². The summed E-state index contributed by atoms with van der Waals surface area (Å²) in [6.07, 6.45) is 4.52.